The van der Waals surface area contributed by atoms with Gasteiger partial charge < -0.3 is 5.11 Å². The third-order valence-electron chi connectivity index (χ3n) is 4.83. The standard InChI is InChI=1S/C16H20BrNO2/c1-10-8-12(16(19)20)6-7-18(10)15-5-2-11-9-13(17)3-4-14(11)15/h3-4,9-10,12,15H,2,5-8H2,1H3,(H,19,20). The molecule has 0 spiro atoms. The van der Waals surface area contributed by atoms with E-state index in [9.17, 15) is 9.90 Å². The minimum Gasteiger partial charge on any atom is -0.481 e. The van der Waals surface area contributed by atoms with E-state index < -0.39 is 5.97 Å². The molecule has 4 heteroatoms. The highest BCUT2D eigenvalue weighted by atomic mass is 79.9. The fourth-order valence-electron chi connectivity index (χ4n) is 3.79. The largest absolute Gasteiger partial charge is 0.481 e. The fourth-order valence-corrected chi connectivity index (χ4v) is 4.19. The molecule has 1 fully saturated rings. The number of hydrogen-bond donors (Lipinski definition) is 1. The Labute approximate surface area is 128 Å². The molecule has 3 nitrogen and oxygen atoms in total. The van der Waals surface area contributed by atoms with E-state index in [1.807, 2.05) is 0 Å². The van der Waals surface area contributed by atoms with Gasteiger partial charge in [0.15, 0.2) is 0 Å². The van der Waals surface area contributed by atoms with E-state index in [0.717, 1.165) is 36.7 Å². The van der Waals surface area contributed by atoms with Gasteiger partial charge in [0.1, 0.15) is 0 Å². The van der Waals surface area contributed by atoms with Crippen LogP contribution in [0.3, 0.4) is 0 Å². The monoisotopic (exact) mass is 337 g/mol. The molecule has 2 aliphatic rings. The Bertz CT molecular complexity index is 531. The summed E-state index contributed by atoms with van der Waals surface area (Å²) in [4.78, 5) is 13.7. The lowest BCUT2D eigenvalue weighted by Crippen LogP contribution is -2.44. The van der Waals surface area contributed by atoms with Gasteiger partial charge in [-0.25, -0.2) is 0 Å². The minimum absolute atomic E-state index is 0.160. The second-order valence-corrected chi connectivity index (χ2v) is 6.96. The van der Waals surface area contributed by atoms with Gasteiger partial charge in [-0.3, -0.25) is 9.69 Å². The Hall–Kier alpha value is -0.870. The summed E-state index contributed by atoms with van der Waals surface area (Å²) in [5.41, 5.74) is 2.88. The molecule has 0 radical (unpaired) electrons. The Morgan fingerprint density at radius 1 is 1.40 bits per heavy atom. The Kier molecular flexibility index (Phi) is 3.87. The van der Waals surface area contributed by atoms with E-state index >= 15 is 0 Å². The smallest absolute Gasteiger partial charge is 0.306 e. The van der Waals surface area contributed by atoms with Gasteiger partial charge in [-0.2, -0.15) is 0 Å². The molecule has 1 heterocycles. The van der Waals surface area contributed by atoms with Crippen molar-refractivity contribution in [2.75, 3.05) is 6.54 Å². The molecule has 1 saturated heterocycles. The third kappa shape index (κ3) is 2.51. The first-order valence-corrected chi connectivity index (χ1v) is 8.12. The lowest BCUT2D eigenvalue weighted by molar-refractivity contribution is -0.144. The summed E-state index contributed by atoms with van der Waals surface area (Å²) in [5, 5.41) is 9.17. The molecule has 1 aromatic carbocycles. The number of fused-ring (bicyclic) bond motifs is 1. The summed E-state index contributed by atoms with van der Waals surface area (Å²) in [7, 11) is 0. The van der Waals surface area contributed by atoms with Crippen molar-refractivity contribution in [3.8, 4) is 0 Å². The average molecular weight is 338 g/mol. The molecule has 0 amide bonds. The fraction of sp³-hybridized carbons (Fsp3) is 0.562. The number of carboxylic acid groups (broad SMARTS) is 1. The zero-order valence-electron chi connectivity index (χ0n) is 11.7. The van der Waals surface area contributed by atoms with Crippen LogP contribution in [0.4, 0.5) is 0 Å². The first-order chi connectivity index (χ1) is 9.56. The number of rotatable bonds is 2. The Balaban J connectivity index is 1.78. The predicted molar refractivity (Wildman–Crippen MR) is 81.7 cm³/mol. The van der Waals surface area contributed by atoms with Crippen LogP contribution in [0.1, 0.15) is 43.4 Å². The molecular weight excluding hydrogens is 318 g/mol. The van der Waals surface area contributed by atoms with E-state index in [2.05, 4.69) is 46.0 Å². The van der Waals surface area contributed by atoms with Gasteiger partial charge >= 0.3 is 5.97 Å². The van der Waals surface area contributed by atoms with E-state index in [-0.39, 0.29) is 5.92 Å². The maximum absolute atomic E-state index is 11.1. The summed E-state index contributed by atoms with van der Waals surface area (Å²) in [6.45, 7) is 3.07. The van der Waals surface area contributed by atoms with Crippen molar-refractivity contribution < 1.29 is 9.90 Å². The first kappa shape index (κ1) is 14.1. The van der Waals surface area contributed by atoms with Crippen LogP contribution >= 0.6 is 15.9 Å². The molecule has 1 aliphatic carbocycles. The minimum atomic E-state index is -0.632. The number of halogens is 1. The molecule has 0 bridgehead atoms. The molecule has 1 N–H and O–H groups in total. The van der Waals surface area contributed by atoms with E-state index in [4.69, 9.17) is 0 Å². The molecule has 1 aromatic rings. The van der Waals surface area contributed by atoms with Gasteiger partial charge in [0.25, 0.3) is 0 Å². The molecule has 3 unspecified atom stereocenters. The molecule has 20 heavy (non-hydrogen) atoms. The number of benzene rings is 1. The van der Waals surface area contributed by atoms with Crippen LogP contribution < -0.4 is 0 Å². The summed E-state index contributed by atoms with van der Waals surface area (Å²) < 4.78 is 1.15. The summed E-state index contributed by atoms with van der Waals surface area (Å²) in [6, 6.07) is 7.40. The van der Waals surface area contributed by atoms with Gasteiger partial charge in [-0.1, -0.05) is 22.0 Å². The second-order valence-electron chi connectivity index (χ2n) is 6.04. The first-order valence-electron chi connectivity index (χ1n) is 7.33. The summed E-state index contributed by atoms with van der Waals surface area (Å²) in [6.07, 6.45) is 3.85. The second kappa shape index (κ2) is 5.49. The van der Waals surface area contributed by atoms with E-state index in [1.54, 1.807) is 0 Å². The van der Waals surface area contributed by atoms with Crippen LogP contribution in [0.2, 0.25) is 0 Å². The number of likely N-dealkylation sites (tertiary alicyclic amines) is 1. The zero-order chi connectivity index (χ0) is 14.3. The highest BCUT2D eigenvalue weighted by Gasteiger charge is 2.36. The van der Waals surface area contributed by atoms with Crippen LogP contribution in [-0.4, -0.2) is 28.6 Å². The summed E-state index contributed by atoms with van der Waals surface area (Å²) >= 11 is 3.54. The normalized spacial score (nSPS) is 30.2. The lowest BCUT2D eigenvalue weighted by atomic mass is 9.89. The molecule has 3 atom stereocenters. The van der Waals surface area contributed by atoms with Gasteiger partial charge in [-0.05, 0) is 62.4 Å². The van der Waals surface area contributed by atoms with Gasteiger partial charge in [-0.15, -0.1) is 0 Å². The van der Waals surface area contributed by atoms with Crippen molar-refractivity contribution in [1.82, 2.24) is 4.90 Å². The van der Waals surface area contributed by atoms with Gasteiger partial charge in [0.2, 0.25) is 0 Å². The number of hydrogen-bond acceptors (Lipinski definition) is 2. The molecule has 108 valence electrons. The Morgan fingerprint density at radius 3 is 2.90 bits per heavy atom. The van der Waals surface area contributed by atoms with Crippen molar-refractivity contribution in [2.24, 2.45) is 5.92 Å². The van der Waals surface area contributed by atoms with Crippen LogP contribution in [0.15, 0.2) is 22.7 Å². The van der Waals surface area contributed by atoms with Crippen LogP contribution in [0.5, 0.6) is 0 Å². The highest BCUT2D eigenvalue weighted by Crippen LogP contribution is 2.40. The SMILES string of the molecule is CC1CC(C(=O)O)CCN1C1CCc2cc(Br)ccc21. The molecule has 0 aromatic heterocycles. The molecule has 0 saturated carbocycles. The average Bonchev–Trinajstić information content (AvgIpc) is 2.81. The molecular formula is C16H20BrNO2. The predicted octanol–water partition coefficient (Wildman–Crippen LogP) is 3.62. The van der Waals surface area contributed by atoms with Crippen molar-refractivity contribution in [1.29, 1.82) is 0 Å². The lowest BCUT2D eigenvalue weighted by Gasteiger charge is -2.40. The maximum Gasteiger partial charge on any atom is 0.306 e. The van der Waals surface area contributed by atoms with Crippen molar-refractivity contribution in [2.45, 2.75) is 44.7 Å². The van der Waals surface area contributed by atoms with Gasteiger partial charge in [0.05, 0.1) is 5.92 Å². The van der Waals surface area contributed by atoms with Crippen LogP contribution in [0, 0.1) is 5.92 Å². The maximum atomic E-state index is 11.1. The molecule has 1 aliphatic heterocycles. The van der Waals surface area contributed by atoms with Crippen molar-refractivity contribution >= 4 is 21.9 Å². The Morgan fingerprint density at radius 2 is 2.20 bits per heavy atom. The van der Waals surface area contributed by atoms with Gasteiger partial charge in [0, 0.05) is 16.6 Å². The molecule has 3 rings (SSSR count). The summed E-state index contributed by atoms with van der Waals surface area (Å²) in [5.74, 6) is -0.792. The quantitative estimate of drug-likeness (QED) is 0.895. The van der Waals surface area contributed by atoms with Crippen molar-refractivity contribution in [3.05, 3.63) is 33.8 Å². The number of aryl methyl sites for hydroxylation is 1. The number of carbonyl (C=O) groups is 1. The number of aliphatic carboxylic acids is 1. The van der Waals surface area contributed by atoms with Crippen LogP contribution in [-0.2, 0) is 11.2 Å². The van der Waals surface area contributed by atoms with Crippen LogP contribution in [0.25, 0.3) is 0 Å². The number of carboxylic acids is 1. The van der Waals surface area contributed by atoms with E-state index in [0.29, 0.717) is 12.1 Å². The zero-order valence-corrected chi connectivity index (χ0v) is 13.3. The highest BCUT2D eigenvalue weighted by molar-refractivity contribution is 9.10. The number of nitrogens with zero attached hydrogens (tertiary/aromatic N) is 1. The van der Waals surface area contributed by atoms with E-state index in [1.165, 1.54) is 11.1 Å². The third-order valence-corrected chi connectivity index (χ3v) is 5.32. The topological polar surface area (TPSA) is 40.5 Å². The van der Waals surface area contributed by atoms with Crippen molar-refractivity contribution in [3.63, 3.8) is 0 Å². The number of piperidine rings is 1.